The van der Waals surface area contributed by atoms with E-state index in [-0.39, 0.29) is 18.5 Å². The van der Waals surface area contributed by atoms with E-state index in [9.17, 15) is 4.79 Å². The molecule has 0 unspecified atom stereocenters. The predicted octanol–water partition coefficient (Wildman–Crippen LogP) is 5.99. The van der Waals surface area contributed by atoms with E-state index >= 15 is 0 Å². The van der Waals surface area contributed by atoms with Crippen molar-refractivity contribution in [1.82, 2.24) is 5.32 Å². The van der Waals surface area contributed by atoms with Crippen LogP contribution in [0.4, 0.5) is 5.69 Å². The van der Waals surface area contributed by atoms with Gasteiger partial charge in [0.2, 0.25) is 5.91 Å². The maximum absolute atomic E-state index is 12.5. The lowest BCUT2D eigenvalue weighted by Crippen LogP contribution is -2.31. The van der Waals surface area contributed by atoms with E-state index in [4.69, 9.17) is 23.2 Å². The molecule has 3 aromatic rings. The molecule has 1 amide bonds. The maximum Gasteiger partial charge on any atom is 0.238 e. The molecule has 0 bridgehead atoms. The fraction of sp³-hybridized carbons (Fsp3) is 0.190. The van der Waals surface area contributed by atoms with Crippen molar-refractivity contribution >= 4 is 46.1 Å². The van der Waals surface area contributed by atoms with Crippen LogP contribution in [-0.4, -0.2) is 12.5 Å². The number of aryl methyl sites for hydroxylation is 2. The summed E-state index contributed by atoms with van der Waals surface area (Å²) in [6.07, 6.45) is 0. The molecule has 0 aliphatic rings. The van der Waals surface area contributed by atoms with E-state index in [0.717, 1.165) is 16.0 Å². The van der Waals surface area contributed by atoms with Gasteiger partial charge in [0.05, 0.1) is 28.3 Å². The summed E-state index contributed by atoms with van der Waals surface area (Å²) >= 11 is 14.1. The van der Waals surface area contributed by atoms with Crippen molar-refractivity contribution in [3.8, 4) is 0 Å². The average molecular weight is 419 g/mol. The van der Waals surface area contributed by atoms with Crippen LogP contribution in [0, 0.1) is 13.8 Å². The second-order valence-electron chi connectivity index (χ2n) is 6.34. The van der Waals surface area contributed by atoms with Gasteiger partial charge in [-0.2, -0.15) is 0 Å². The molecule has 6 heteroatoms. The lowest BCUT2D eigenvalue weighted by Gasteiger charge is -2.19. The smallest absolute Gasteiger partial charge is 0.238 e. The van der Waals surface area contributed by atoms with Gasteiger partial charge in [-0.05, 0) is 42.5 Å². The molecule has 0 saturated heterocycles. The van der Waals surface area contributed by atoms with E-state index in [2.05, 4.69) is 47.9 Å². The van der Waals surface area contributed by atoms with Crippen LogP contribution >= 0.6 is 34.5 Å². The van der Waals surface area contributed by atoms with Gasteiger partial charge < -0.3 is 5.32 Å². The molecular weight excluding hydrogens is 399 g/mol. The molecule has 1 atom stereocenters. The molecule has 3 nitrogen and oxygen atoms in total. The van der Waals surface area contributed by atoms with E-state index in [1.54, 1.807) is 17.4 Å². The molecule has 0 fully saturated rings. The molecule has 2 aromatic carbocycles. The Labute approximate surface area is 173 Å². The van der Waals surface area contributed by atoms with E-state index < -0.39 is 0 Å². The lowest BCUT2D eigenvalue weighted by molar-refractivity contribution is -0.115. The first-order valence-electron chi connectivity index (χ1n) is 8.53. The number of hydrogen-bond acceptors (Lipinski definition) is 3. The highest BCUT2D eigenvalue weighted by molar-refractivity contribution is 7.10. The van der Waals surface area contributed by atoms with Crippen LogP contribution < -0.4 is 10.6 Å². The maximum atomic E-state index is 12.5. The normalized spacial score (nSPS) is 12.0. The summed E-state index contributed by atoms with van der Waals surface area (Å²) in [5, 5.41) is 9.08. The molecule has 0 aliphatic heterocycles. The Balaban J connectivity index is 1.73. The molecule has 0 radical (unpaired) electrons. The van der Waals surface area contributed by atoms with Crippen LogP contribution in [0.25, 0.3) is 0 Å². The van der Waals surface area contributed by atoms with Crippen molar-refractivity contribution in [2.45, 2.75) is 19.9 Å². The topological polar surface area (TPSA) is 41.1 Å². The van der Waals surface area contributed by atoms with Gasteiger partial charge in [0.15, 0.2) is 0 Å². The van der Waals surface area contributed by atoms with Crippen LogP contribution in [0.5, 0.6) is 0 Å². The number of anilines is 1. The number of rotatable bonds is 6. The number of benzene rings is 2. The van der Waals surface area contributed by atoms with E-state index in [0.29, 0.717) is 15.7 Å². The fourth-order valence-corrected chi connectivity index (χ4v) is 4.04. The molecule has 140 valence electrons. The summed E-state index contributed by atoms with van der Waals surface area (Å²) < 4.78 is 0. The first-order chi connectivity index (χ1) is 13.0. The van der Waals surface area contributed by atoms with E-state index in [1.807, 2.05) is 24.4 Å². The Hall–Kier alpha value is -1.85. The summed E-state index contributed by atoms with van der Waals surface area (Å²) in [7, 11) is 0. The number of nitrogens with one attached hydrogen (secondary N) is 2. The summed E-state index contributed by atoms with van der Waals surface area (Å²) in [4.78, 5) is 13.7. The Morgan fingerprint density at radius 2 is 1.81 bits per heavy atom. The van der Waals surface area contributed by atoms with Crippen LogP contribution in [0.3, 0.4) is 0 Å². The third-order valence-electron chi connectivity index (χ3n) is 4.25. The number of hydrogen-bond donors (Lipinski definition) is 2. The fourth-order valence-electron chi connectivity index (χ4n) is 2.75. The zero-order valence-electron chi connectivity index (χ0n) is 15.1. The van der Waals surface area contributed by atoms with Gasteiger partial charge in [0.25, 0.3) is 0 Å². The van der Waals surface area contributed by atoms with Crippen LogP contribution in [0.2, 0.25) is 10.0 Å². The monoisotopic (exact) mass is 418 g/mol. The molecule has 0 aliphatic carbocycles. The first kappa shape index (κ1) is 19.9. The average Bonchev–Trinajstić information content (AvgIpc) is 3.18. The second kappa shape index (κ2) is 8.89. The minimum Gasteiger partial charge on any atom is -0.322 e. The molecule has 1 heterocycles. The van der Waals surface area contributed by atoms with Gasteiger partial charge in [-0.15, -0.1) is 11.3 Å². The summed E-state index contributed by atoms with van der Waals surface area (Å²) in [5.74, 6) is -0.196. The molecule has 0 saturated carbocycles. The van der Waals surface area contributed by atoms with Crippen LogP contribution in [-0.2, 0) is 4.79 Å². The highest BCUT2D eigenvalue weighted by Gasteiger charge is 2.17. The largest absolute Gasteiger partial charge is 0.322 e. The molecule has 2 N–H and O–H groups in total. The van der Waals surface area contributed by atoms with Gasteiger partial charge in [-0.3, -0.25) is 10.1 Å². The minimum atomic E-state index is -0.196. The number of carbonyl (C=O) groups excluding carboxylic acids is 1. The Morgan fingerprint density at radius 3 is 2.48 bits per heavy atom. The van der Waals surface area contributed by atoms with Crippen molar-refractivity contribution in [2.75, 3.05) is 11.9 Å². The lowest BCUT2D eigenvalue weighted by atomic mass is 10.0. The Morgan fingerprint density at radius 1 is 1.07 bits per heavy atom. The molecule has 0 spiro atoms. The predicted molar refractivity (Wildman–Crippen MR) is 115 cm³/mol. The molecule has 3 rings (SSSR count). The molecule has 27 heavy (non-hydrogen) atoms. The van der Waals surface area contributed by atoms with Crippen molar-refractivity contribution in [2.24, 2.45) is 0 Å². The van der Waals surface area contributed by atoms with Gasteiger partial charge in [0.1, 0.15) is 0 Å². The third kappa shape index (κ3) is 4.90. The van der Waals surface area contributed by atoms with E-state index in [1.165, 1.54) is 5.56 Å². The van der Waals surface area contributed by atoms with Gasteiger partial charge in [0, 0.05) is 4.88 Å². The summed E-state index contributed by atoms with van der Waals surface area (Å²) in [6.45, 7) is 4.06. The quantitative estimate of drug-likeness (QED) is 0.515. The zero-order chi connectivity index (χ0) is 19.4. The highest BCUT2D eigenvalue weighted by atomic mass is 35.5. The van der Waals surface area contributed by atoms with Gasteiger partial charge in [-0.1, -0.05) is 65.2 Å². The van der Waals surface area contributed by atoms with Crippen molar-refractivity contribution in [3.63, 3.8) is 0 Å². The Bertz CT molecular complexity index is 924. The molecule has 1 aromatic heterocycles. The molecular formula is C21H20Cl2N2OS. The van der Waals surface area contributed by atoms with Crippen molar-refractivity contribution in [3.05, 3.63) is 85.5 Å². The first-order valence-corrected chi connectivity index (χ1v) is 10.2. The van der Waals surface area contributed by atoms with Gasteiger partial charge >= 0.3 is 0 Å². The standard InChI is InChI=1S/C21H20Cl2N2OS/c1-13-5-8-15(9-6-13)20(17-4-3-11-27-17)24-12-18(26)25-21-16(22)10-7-14(2)19(21)23/h3-11,20,24H,12H2,1-2H3,(H,25,26)/t20-/m1/s1. The summed E-state index contributed by atoms with van der Waals surface area (Å²) in [6, 6.07) is 15.9. The van der Waals surface area contributed by atoms with Gasteiger partial charge in [-0.25, -0.2) is 0 Å². The number of amides is 1. The SMILES string of the molecule is Cc1ccc([C@@H](NCC(=O)Nc2c(Cl)ccc(C)c2Cl)c2cccs2)cc1. The second-order valence-corrected chi connectivity index (χ2v) is 8.11. The number of thiophene rings is 1. The number of halogens is 2. The Kier molecular flexibility index (Phi) is 6.55. The summed E-state index contributed by atoms with van der Waals surface area (Å²) in [5.41, 5.74) is 3.63. The van der Waals surface area contributed by atoms with Crippen LogP contribution in [0.15, 0.2) is 53.9 Å². The number of carbonyl (C=O) groups is 1. The van der Waals surface area contributed by atoms with Crippen molar-refractivity contribution < 1.29 is 4.79 Å². The highest BCUT2D eigenvalue weighted by Crippen LogP contribution is 2.33. The minimum absolute atomic E-state index is 0.0557. The van der Waals surface area contributed by atoms with Crippen molar-refractivity contribution in [1.29, 1.82) is 0 Å². The van der Waals surface area contributed by atoms with Crippen LogP contribution in [0.1, 0.15) is 27.6 Å². The third-order valence-corrected chi connectivity index (χ3v) is 5.99. The zero-order valence-corrected chi connectivity index (χ0v) is 17.4.